The molecule has 0 spiro atoms. The van der Waals surface area contributed by atoms with Crippen LogP contribution in [0.1, 0.15) is 10.4 Å². The SMILES string of the molecule is O=C(COC(=O)c1cc(Br)c(O)c(Br)c1)Nc1cccc(F)c1. The number of benzene rings is 2. The second-order valence-corrected chi connectivity index (χ2v) is 6.13. The number of carbonyl (C=O) groups is 2. The maximum atomic E-state index is 13.0. The Morgan fingerprint density at radius 1 is 1.17 bits per heavy atom. The van der Waals surface area contributed by atoms with Gasteiger partial charge in [-0.3, -0.25) is 4.79 Å². The van der Waals surface area contributed by atoms with Gasteiger partial charge in [0.2, 0.25) is 0 Å². The molecule has 0 unspecified atom stereocenters. The summed E-state index contributed by atoms with van der Waals surface area (Å²) in [5.74, 6) is -1.87. The van der Waals surface area contributed by atoms with Crippen molar-refractivity contribution in [3.05, 3.63) is 56.7 Å². The zero-order chi connectivity index (χ0) is 17.0. The highest BCUT2D eigenvalue weighted by atomic mass is 79.9. The number of amides is 1. The van der Waals surface area contributed by atoms with E-state index in [1.54, 1.807) is 0 Å². The zero-order valence-electron chi connectivity index (χ0n) is 11.5. The van der Waals surface area contributed by atoms with E-state index in [1.807, 2.05) is 0 Å². The molecule has 5 nitrogen and oxygen atoms in total. The first-order chi connectivity index (χ1) is 10.9. The van der Waals surface area contributed by atoms with Crippen molar-refractivity contribution in [3.63, 3.8) is 0 Å². The van der Waals surface area contributed by atoms with E-state index in [4.69, 9.17) is 4.74 Å². The lowest BCUT2D eigenvalue weighted by Crippen LogP contribution is -2.21. The summed E-state index contributed by atoms with van der Waals surface area (Å²) in [7, 11) is 0. The topological polar surface area (TPSA) is 75.6 Å². The number of phenolic OH excluding ortho intramolecular Hbond substituents is 1. The predicted octanol–water partition coefficient (Wildman–Crippen LogP) is 3.85. The Bertz CT molecular complexity index is 744. The Morgan fingerprint density at radius 2 is 1.83 bits per heavy atom. The maximum absolute atomic E-state index is 13.0. The molecule has 2 aromatic rings. The van der Waals surface area contributed by atoms with E-state index in [1.165, 1.54) is 30.3 Å². The van der Waals surface area contributed by atoms with Gasteiger partial charge in [0.15, 0.2) is 6.61 Å². The van der Waals surface area contributed by atoms with Crippen LogP contribution in [-0.2, 0) is 9.53 Å². The monoisotopic (exact) mass is 445 g/mol. The average molecular weight is 447 g/mol. The van der Waals surface area contributed by atoms with Gasteiger partial charge in [-0.2, -0.15) is 0 Å². The maximum Gasteiger partial charge on any atom is 0.338 e. The van der Waals surface area contributed by atoms with Crippen LogP contribution >= 0.6 is 31.9 Å². The van der Waals surface area contributed by atoms with Crippen molar-refractivity contribution < 1.29 is 23.8 Å². The first kappa shape index (κ1) is 17.4. The van der Waals surface area contributed by atoms with Crippen LogP contribution in [0.3, 0.4) is 0 Å². The number of phenols is 1. The van der Waals surface area contributed by atoms with Crippen molar-refractivity contribution in [1.29, 1.82) is 0 Å². The Hall–Kier alpha value is -1.93. The molecule has 8 heteroatoms. The third-order valence-electron chi connectivity index (χ3n) is 2.70. The standard InChI is InChI=1S/C15H10Br2FNO4/c16-11-4-8(5-12(17)14(11)21)15(22)23-7-13(20)19-10-3-1-2-9(18)6-10/h1-6,21H,7H2,(H,19,20). The van der Waals surface area contributed by atoms with E-state index in [9.17, 15) is 19.1 Å². The van der Waals surface area contributed by atoms with Gasteiger partial charge in [-0.15, -0.1) is 0 Å². The van der Waals surface area contributed by atoms with Crippen molar-refractivity contribution in [2.75, 3.05) is 11.9 Å². The number of aromatic hydroxyl groups is 1. The smallest absolute Gasteiger partial charge is 0.338 e. The van der Waals surface area contributed by atoms with Crippen LogP contribution in [0.4, 0.5) is 10.1 Å². The molecule has 2 N–H and O–H groups in total. The molecule has 0 radical (unpaired) electrons. The Labute approximate surface area is 147 Å². The van der Waals surface area contributed by atoms with E-state index in [2.05, 4.69) is 37.2 Å². The molecule has 0 fully saturated rings. The minimum Gasteiger partial charge on any atom is -0.506 e. The first-order valence-electron chi connectivity index (χ1n) is 6.27. The van der Waals surface area contributed by atoms with E-state index in [0.717, 1.165) is 6.07 Å². The normalized spacial score (nSPS) is 10.2. The largest absolute Gasteiger partial charge is 0.506 e. The molecule has 2 aromatic carbocycles. The van der Waals surface area contributed by atoms with Crippen molar-refractivity contribution in [2.24, 2.45) is 0 Å². The van der Waals surface area contributed by atoms with Crippen LogP contribution in [0.2, 0.25) is 0 Å². The zero-order valence-corrected chi connectivity index (χ0v) is 14.6. The summed E-state index contributed by atoms with van der Waals surface area (Å²) in [6, 6.07) is 8.09. The van der Waals surface area contributed by atoms with Gasteiger partial charge in [0.1, 0.15) is 11.6 Å². The van der Waals surface area contributed by atoms with E-state index < -0.39 is 24.3 Å². The summed E-state index contributed by atoms with van der Waals surface area (Å²) in [5, 5.41) is 12.0. The minimum absolute atomic E-state index is 0.0506. The van der Waals surface area contributed by atoms with Crippen molar-refractivity contribution >= 4 is 49.4 Å². The van der Waals surface area contributed by atoms with Crippen LogP contribution in [0.25, 0.3) is 0 Å². The van der Waals surface area contributed by atoms with Crippen LogP contribution in [0.5, 0.6) is 5.75 Å². The lowest BCUT2D eigenvalue weighted by molar-refractivity contribution is -0.119. The molecule has 0 heterocycles. The molecule has 120 valence electrons. The summed E-state index contributed by atoms with van der Waals surface area (Å²) in [6.07, 6.45) is 0. The van der Waals surface area contributed by atoms with E-state index in [0.29, 0.717) is 8.95 Å². The average Bonchev–Trinajstić information content (AvgIpc) is 2.49. The molecule has 0 bridgehead atoms. The van der Waals surface area contributed by atoms with Gasteiger partial charge in [-0.05, 0) is 62.2 Å². The number of esters is 1. The molecule has 0 saturated heterocycles. The molecule has 0 saturated carbocycles. The summed E-state index contributed by atoms with van der Waals surface area (Å²) in [4.78, 5) is 23.6. The molecule has 1 amide bonds. The highest BCUT2D eigenvalue weighted by Gasteiger charge is 2.14. The van der Waals surface area contributed by atoms with Gasteiger partial charge in [0.05, 0.1) is 14.5 Å². The predicted molar refractivity (Wildman–Crippen MR) is 88.8 cm³/mol. The molecule has 0 aliphatic heterocycles. The minimum atomic E-state index is -0.735. The highest BCUT2D eigenvalue weighted by Crippen LogP contribution is 2.33. The van der Waals surface area contributed by atoms with Crippen LogP contribution in [0.15, 0.2) is 45.3 Å². The molecular weight excluding hydrogens is 437 g/mol. The van der Waals surface area contributed by atoms with E-state index >= 15 is 0 Å². The summed E-state index contributed by atoms with van der Waals surface area (Å²) < 4.78 is 18.5. The number of halogens is 3. The third kappa shape index (κ3) is 4.77. The lowest BCUT2D eigenvalue weighted by Gasteiger charge is -2.08. The highest BCUT2D eigenvalue weighted by molar-refractivity contribution is 9.11. The van der Waals surface area contributed by atoms with Gasteiger partial charge in [-0.25, -0.2) is 9.18 Å². The number of ether oxygens (including phenoxy) is 1. The quantitative estimate of drug-likeness (QED) is 0.699. The molecule has 0 atom stereocenters. The number of hydrogen-bond donors (Lipinski definition) is 2. The number of carbonyl (C=O) groups excluding carboxylic acids is 2. The summed E-state index contributed by atoms with van der Waals surface area (Å²) >= 11 is 6.19. The van der Waals surface area contributed by atoms with Crippen LogP contribution < -0.4 is 5.32 Å². The number of nitrogens with one attached hydrogen (secondary N) is 1. The Balaban J connectivity index is 1.95. The molecule has 0 aliphatic rings. The lowest BCUT2D eigenvalue weighted by atomic mass is 10.2. The van der Waals surface area contributed by atoms with Gasteiger partial charge >= 0.3 is 5.97 Å². The van der Waals surface area contributed by atoms with Crippen molar-refractivity contribution in [3.8, 4) is 5.75 Å². The molecule has 0 aromatic heterocycles. The summed E-state index contributed by atoms with van der Waals surface area (Å²) in [5.41, 5.74) is 0.418. The Kier molecular flexibility index (Phi) is 5.73. The van der Waals surface area contributed by atoms with Gasteiger partial charge in [-0.1, -0.05) is 6.07 Å². The molecular formula is C15H10Br2FNO4. The number of anilines is 1. The molecule has 2 rings (SSSR count). The van der Waals surface area contributed by atoms with Crippen LogP contribution in [0, 0.1) is 5.82 Å². The molecule has 23 heavy (non-hydrogen) atoms. The first-order valence-corrected chi connectivity index (χ1v) is 7.86. The third-order valence-corrected chi connectivity index (χ3v) is 3.90. The van der Waals surface area contributed by atoms with Crippen LogP contribution in [-0.4, -0.2) is 23.6 Å². The van der Waals surface area contributed by atoms with Gasteiger partial charge < -0.3 is 15.2 Å². The second kappa shape index (κ2) is 7.56. The fourth-order valence-corrected chi connectivity index (χ4v) is 2.85. The van der Waals surface area contributed by atoms with Gasteiger partial charge in [0.25, 0.3) is 5.91 Å². The van der Waals surface area contributed by atoms with E-state index in [-0.39, 0.29) is 17.0 Å². The number of hydrogen-bond acceptors (Lipinski definition) is 4. The van der Waals surface area contributed by atoms with Crippen molar-refractivity contribution in [1.82, 2.24) is 0 Å². The Morgan fingerprint density at radius 3 is 2.43 bits per heavy atom. The van der Waals surface area contributed by atoms with Gasteiger partial charge in [0, 0.05) is 5.69 Å². The van der Waals surface area contributed by atoms with Crippen molar-refractivity contribution in [2.45, 2.75) is 0 Å². The fourth-order valence-electron chi connectivity index (χ4n) is 1.66. The molecule has 0 aliphatic carbocycles. The number of rotatable bonds is 4. The fraction of sp³-hybridized carbons (Fsp3) is 0.0667. The summed E-state index contributed by atoms with van der Waals surface area (Å²) in [6.45, 7) is -0.522. The second-order valence-electron chi connectivity index (χ2n) is 4.42.